The number of anilines is 1. The smallest absolute Gasteiger partial charge is 0.272 e. The Hall–Kier alpha value is -2.43. The van der Waals surface area contributed by atoms with Crippen molar-refractivity contribution in [2.45, 2.75) is 6.92 Å². The van der Waals surface area contributed by atoms with Crippen LogP contribution in [-0.4, -0.2) is 34.9 Å². The van der Waals surface area contributed by atoms with Crippen molar-refractivity contribution in [3.05, 3.63) is 41.6 Å². The summed E-state index contributed by atoms with van der Waals surface area (Å²) in [5, 5.41) is 0. The van der Waals surface area contributed by atoms with E-state index in [9.17, 15) is 4.79 Å². The van der Waals surface area contributed by atoms with Gasteiger partial charge in [-0.1, -0.05) is 29.8 Å². The molecule has 2 N–H and O–H groups in total. The van der Waals surface area contributed by atoms with E-state index in [-0.39, 0.29) is 11.9 Å². The number of rotatable bonds is 2. The first-order valence-electron chi connectivity index (χ1n) is 5.90. The van der Waals surface area contributed by atoms with Gasteiger partial charge in [-0.2, -0.15) is 0 Å². The fourth-order valence-corrected chi connectivity index (χ4v) is 1.68. The molecule has 0 atom stereocenters. The molecule has 0 saturated heterocycles. The SMILES string of the molecule is Cc1ccc(-c2cc(C(=O)N(C)C)nc(N)n2)cc1. The lowest BCUT2D eigenvalue weighted by Crippen LogP contribution is -2.23. The van der Waals surface area contributed by atoms with Crippen LogP contribution in [0.3, 0.4) is 0 Å². The summed E-state index contributed by atoms with van der Waals surface area (Å²) in [5.41, 5.74) is 8.69. The molecule has 1 amide bonds. The van der Waals surface area contributed by atoms with Gasteiger partial charge in [0.1, 0.15) is 5.69 Å². The van der Waals surface area contributed by atoms with Gasteiger partial charge in [0.2, 0.25) is 5.95 Å². The molecule has 1 heterocycles. The standard InChI is InChI=1S/C14H16N4O/c1-9-4-6-10(7-5-9)11-8-12(13(19)18(2)3)17-14(15)16-11/h4-8H,1-3H3,(H2,15,16,17). The third-order valence-electron chi connectivity index (χ3n) is 2.72. The Morgan fingerprint density at radius 3 is 2.37 bits per heavy atom. The molecule has 19 heavy (non-hydrogen) atoms. The van der Waals surface area contributed by atoms with Gasteiger partial charge >= 0.3 is 0 Å². The molecule has 0 saturated carbocycles. The van der Waals surface area contributed by atoms with Crippen molar-refractivity contribution in [2.24, 2.45) is 0 Å². The summed E-state index contributed by atoms with van der Waals surface area (Å²) in [7, 11) is 3.35. The fourth-order valence-electron chi connectivity index (χ4n) is 1.68. The highest BCUT2D eigenvalue weighted by atomic mass is 16.2. The predicted molar refractivity (Wildman–Crippen MR) is 74.6 cm³/mol. The van der Waals surface area contributed by atoms with E-state index >= 15 is 0 Å². The van der Waals surface area contributed by atoms with Gasteiger partial charge in [-0.25, -0.2) is 9.97 Å². The summed E-state index contributed by atoms with van der Waals surface area (Å²) in [6, 6.07) is 9.52. The number of nitrogen functional groups attached to an aromatic ring is 1. The molecular weight excluding hydrogens is 240 g/mol. The second kappa shape index (κ2) is 5.06. The van der Waals surface area contributed by atoms with E-state index in [0.717, 1.165) is 11.1 Å². The highest BCUT2D eigenvalue weighted by Crippen LogP contribution is 2.19. The lowest BCUT2D eigenvalue weighted by molar-refractivity contribution is 0.0822. The minimum atomic E-state index is -0.192. The molecule has 0 radical (unpaired) electrons. The molecule has 0 aliphatic rings. The molecule has 2 rings (SSSR count). The van der Waals surface area contributed by atoms with Crippen LogP contribution in [0.25, 0.3) is 11.3 Å². The van der Waals surface area contributed by atoms with Gasteiger partial charge in [-0.15, -0.1) is 0 Å². The van der Waals surface area contributed by atoms with Crippen molar-refractivity contribution in [3.8, 4) is 11.3 Å². The van der Waals surface area contributed by atoms with Crippen molar-refractivity contribution in [1.82, 2.24) is 14.9 Å². The maximum Gasteiger partial charge on any atom is 0.272 e. The zero-order chi connectivity index (χ0) is 14.0. The summed E-state index contributed by atoms with van der Waals surface area (Å²) in [5.74, 6) is -0.0919. The van der Waals surface area contributed by atoms with Crippen LogP contribution in [0.5, 0.6) is 0 Å². The van der Waals surface area contributed by atoms with Crippen LogP contribution in [0.2, 0.25) is 0 Å². The Balaban J connectivity index is 2.47. The Labute approximate surface area is 112 Å². The number of hydrogen-bond acceptors (Lipinski definition) is 4. The van der Waals surface area contributed by atoms with Gasteiger partial charge in [-0.05, 0) is 13.0 Å². The highest BCUT2D eigenvalue weighted by molar-refractivity contribution is 5.93. The van der Waals surface area contributed by atoms with Crippen LogP contribution >= 0.6 is 0 Å². The average Bonchev–Trinajstić information content (AvgIpc) is 2.37. The number of hydrogen-bond donors (Lipinski definition) is 1. The number of nitrogens with zero attached hydrogens (tertiary/aromatic N) is 3. The average molecular weight is 256 g/mol. The molecule has 0 bridgehead atoms. The first kappa shape index (κ1) is 13.0. The van der Waals surface area contributed by atoms with Crippen molar-refractivity contribution in [2.75, 3.05) is 19.8 Å². The van der Waals surface area contributed by atoms with Crippen molar-refractivity contribution in [1.29, 1.82) is 0 Å². The maximum absolute atomic E-state index is 11.9. The molecule has 0 fully saturated rings. The van der Waals surface area contributed by atoms with Crippen molar-refractivity contribution < 1.29 is 4.79 Å². The number of carbonyl (C=O) groups is 1. The Bertz CT molecular complexity index is 605. The Kier molecular flexibility index (Phi) is 3.46. The first-order valence-corrected chi connectivity index (χ1v) is 5.90. The molecule has 0 aliphatic heterocycles. The first-order chi connectivity index (χ1) is 8.97. The van der Waals surface area contributed by atoms with Crippen LogP contribution in [0.15, 0.2) is 30.3 Å². The third kappa shape index (κ3) is 2.88. The van der Waals surface area contributed by atoms with E-state index in [1.807, 2.05) is 31.2 Å². The summed E-state index contributed by atoms with van der Waals surface area (Å²) >= 11 is 0. The van der Waals surface area contributed by atoms with Crippen molar-refractivity contribution >= 4 is 11.9 Å². The number of aryl methyl sites for hydroxylation is 1. The predicted octanol–water partition coefficient (Wildman–Crippen LogP) is 1.74. The summed E-state index contributed by atoms with van der Waals surface area (Å²) in [4.78, 5) is 21.5. The van der Waals surface area contributed by atoms with Gasteiger partial charge in [0.05, 0.1) is 5.69 Å². The van der Waals surface area contributed by atoms with Gasteiger partial charge in [0.15, 0.2) is 0 Å². The second-order valence-electron chi connectivity index (χ2n) is 4.56. The molecule has 98 valence electrons. The van der Waals surface area contributed by atoms with Crippen LogP contribution in [0, 0.1) is 6.92 Å². The molecule has 5 heteroatoms. The molecule has 5 nitrogen and oxygen atoms in total. The molecule has 0 unspecified atom stereocenters. The lowest BCUT2D eigenvalue weighted by Gasteiger charge is -2.11. The Morgan fingerprint density at radius 2 is 1.79 bits per heavy atom. The third-order valence-corrected chi connectivity index (χ3v) is 2.72. The molecule has 2 aromatic rings. The minimum absolute atomic E-state index is 0.100. The Morgan fingerprint density at radius 1 is 1.16 bits per heavy atom. The van der Waals surface area contributed by atoms with E-state index < -0.39 is 0 Å². The number of aromatic nitrogens is 2. The summed E-state index contributed by atoms with van der Waals surface area (Å²) in [6.45, 7) is 2.01. The molecule has 1 aromatic carbocycles. The van der Waals surface area contributed by atoms with Gasteiger partial charge in [0.25, 0.3) is 5.91 Å². The highest BCUT2D eigenvalue weighted by Gasteiger charge is 2.13. The second-order valence-corrected chi connectivity index (χ2v) is 4.56. The molecule has 1 aromatic heterocycles. The molecule has 0 aliphatic carbocycles. The quantitative estimate of drug-likeness (QED) is 0.888. The number of amides is 1. The van der Waals surface area contributed by atoms with Crippen LogP contribution in [-0.2, 0) is 0 Å². The zero-order valence-corrected chi connectivity index (χ0v) is 11.2. The van der Waals surface area contributed by atoms with E-state index in [4.69, 9.17) is 5.73 Å². The fraction of sp³-hybridized carbons (Fsp3) is 0.214. The normalized spacial score (nSPS) is 10.3. The minimum Gasteiger partial charge on any atom is -0.368 e. The monoisotopic (exact) mass is 256 g/mol. The van der Waals surface area contributed by atoms with Gasteiger partial charge in [-0.3, -0.25) is 4.79 Å². The van der Waals surface area contributed by atoms with Gasteiger partial charge < -0.3 is 10.6 Å². The van der Waals surface area contributed by atoms with Crippen molar-refractivity contribution in [3.63, 3.8) is 0 Å². The largest absolute Gasteiger partial charge is 0.368 e. The van der Waals surface area contributed by atoms with Gasteiger partial charge in [0, 0.05) is 19.7 Å². The number of nitrogens with two attached hydrogens (primary N) is 1. The van der Waals surface area contributed by atoms with E-state index in [1.165, 1.54) is 4.90 Å². The van der Waals surface area contributed by atoms with E-state index in [2.05, 4.69) is 9.97 Å². The summed E-state index contributed by atoms with van der Waals surface area (Å²) < 4.78 is 0. The van der Waals surface area contributed by atoms with Crippen LogP contribution in [0.4, 0.5) is 5.95 Å². The lowest BCUT2D eigenvalue weighted by atomic mass is 10.1. The van der Waals surface area contributed by atoms with E-state index in [1.54, 1.807) is 20.2 Å². The number of benzene rings is 1. The van der Waals surface area contributed by atoms with E-state index in [0.29, 0.717) is 11.4 Å². The zero-order valence-electron chi connectivity index (χ0n) is 11.2. The van der Waals surface area contributed by atoms with Crippen LogP contribution in [0.1, 0.15) is 16.1 Å². The summed E-state index contributed by atoms with van der Waals surface area (Å²) in [6.07, 6.45) is 0. The topological polar surface area (TPSA) is 72.1 Å². The van der Waals surface area contributed by atoms with Crippen LogP contribution < -0.4 is 5.73 Å². The number of carbonyl (C=O) groups excluding carboxylic acids is 1. The molecule has 0 spiro atoms. The maximum atomic E-state index is 11.9. The molecular formula is C14H16N4O.